The lowest BCUT2D eigenvalue weighted by molar-refractivity contribution is -0.147. The summed E-state index contributed by atoms with van der Waals surface area (Å²) >= 11 is 0. The number of hydrogen-bond acceptors (Lipinski definition) is 2. The maximum absolute atomic E-state index is 13.7. The van der Waals surface area contributed by atoms with Gasteiger partial charge in [-0.1, -0.05) is 24.6 Å². The summed E-state index contributed by atoms with van der Waals surface area (Å²) in [5, 5.41) is 0. The molecule has 5 rings (SSSR count). The van der Waals surface area contributed by atoms with Crippen LogP contribution in [0.25, 0.3) is 0 Å². The average Bonchev–Trinajstić information content (AvgIpc) is 3.22. The summed E-state index contributed by atoms with van der Waals surface area (Å²) < 4.78 is 0. The molecule has 124 valence electrons. The van der Waals surface area contributed by atoms with Gasteiger partial charge in [0.1, 0.15) is 5.78 Å². The van der Waals surface area contributed by atoms with Crippen molar-refractivity contribution in [2.24, 2.45) is 29.1 Å². The SMILES string of the molecule is C=CC[C@]12CC[C@@H]3[C@H](C)CN([C@@H]4C5=CCC[C@@H]5CC[C@@H]4C1=O)[C@@H]32. The van der Waals surface area contributed by atoms with Crippen LogP contribution in [0.1, 0.15) is 51.9 Å². The van der Waals surface area contributed by atoms with Crippen molar-refractivity contribution in [2.75, 3.05) is 6.54 Å². The highest BCUT2D eigenvalue weighted by atomic mass is 16.1. The van der Waals surface area contributed by atoms with Gasteiger partial charge in [-0.05, 0) is 62.7 Å². The van der Waals surface area contributed by atoms with Crippen LogP contribution in [-0.4, -0.2) is 29.3 Å². The number of ketones is 1. The van der Waals surface area contributed by atoms with E-state index in [-0.39, 0.29) is 11.3 Å². The number of rotatable bonds is 2. The van der Waals surface area contributed by atoms with Crippen molar-refractivity contribution in [3.8, 4) is 0 Å². The Kier molecular flexibility index (Phi) is 3.03. The van der Waals surface area contributed by atoms with Crippen LogP contribution in [0.4, 0.5) is 0 Å². The molecule has 2 saturated heterocycles. The quantitative estimate of drug-likeness (QED) is 0.719. The molecule has 0 aromatic carbocycles. The molecule has 0 aromatic heterocycles. The van der Waals surface area contributed by atoms with E-state index in [1.165, 1.54) is 32.2 Å². The zero-order valence-corrected chi connectivity index (χ0v) is 14.3. The van der Waals surface area contributed by atoms with Gasteiger partial charge in [0.05, 0.1) is 0 Å². The van der Waals surface area contributed by atoms with Crippen molar-refractivity contribution in [1.29, 1.82) is 0 Å². The first-order valence-electron chi connectivity index (χ1n) is 9.78. The van der Waals surface area contributed by atoms with E-state index in [0.717, 1.165) is 37.0 Å². The Bertz CT molecular complexity index is 593. The number of carbonyl (C=O) groups is 1. The Balaban J connectivity index is 1.63. The lowest BCUT2D eigenvalue weighted by atomic mass is 9.60. The van der Waals surface area contributed by atoms with Crippen LogP contribution in [0.5, 0.6) is 0 Å². The van der Waals surface area contributed by atoms with Gasteiger partial charge in [0.15, 0.2) is 0 Å². The first kappa shape index (κ1) is 14.5. The van der Waals surface area contributed by atoms with Crippen LogP contribution in [0.15, 0.2) is 24.3 Å². The first-order valence-corrected chi connectivity index (χ1v) is 9.78. The van der Waals surface area contributed by atoms with E-state index in [9.17, 15) is 4.79 Å². The lowest BCUT2D eigenvalue weighted by Gasteiger charge is -2.54. The highest BCUT2D eigenvalue weighted by molar-refractivity contribution is 5.91. The average molecular weight is 311 g/mol. The molecule has 0 radical (unpaired) electrons. The topological polar surface area (TPSA) is 20.3 Å². The summed E-state index contributed by atoms with van der Waals surface area (Å²) in [6.45, 7) is 7.65. The fourth-order valence-corrected chi connectivity index (χ4v) is 7.31. The minimum absolute atomic E-state index is 0.0929. The number of carbonyl (C=O) groups excluding carboxylic acids is 1. The molecular weight excluding hydrogens is 282 g/mol. The molecule has 2 heteroatoms. The molecule has 23 heavy (non-hydrogen) atoms. The second-order valence-electron chi connectivity index (χ2n) is 8.94. The minimum Gasteiger partial charge on any atom is -0.299 e. The van der Waals surface area contributed by atoms with E-state index in [0.29, 0.717) is 17.9 Å². The number of fused-ring (bicyclic) bond motifs is 4. The number of nitrogens with zero attached hydrogens (tertiary/aromatic N) is 1. The van der Waals surface area contributed by atoms with Crippen molar-refractivity contribution in [3.63, 3.8) is 0 Å². The molecule has 7 atom stereocenters. The predicted octanol–water partition coefficient (Wildman–Crippen LogP) is 3.98. The third-order valence-electron chi connectivity index (χ3n) is 8.09. The molecule has 5 aliphatic rings. The van der Waals surface area contributed by atoms with Crippen LogP contribution < -0.4 is 0 Å². The molecule has 0 amide bonds. The molecule has 2 nitrogen and oxygen atoms in total. The maximum Gasteiger partial charge on any atom is 0.145 e. The van der Waals surface area contributed by atoms with Crippen LogP contribution in [0.2, 0.25) is 0 Å². The predicted molar refractivity (Wildman–Crippen MR) is 92.0 cm³/mol. The zero-order chi connectivity index (χ0) is 15.8. The van der Waals surface area contributed by atoms with E-state index in [4.69, 9.17) is 0 Å². The van der Waals surface area contributed by atoms with Crippen molar-refractivity contribution in [2.45, 2.75) is 64.0 Å². The van der Waals surface area contributed by atoms with E-state index in [1.54, 1.807) is 5.57 Å². The van der Waals surface area contributed by atoms with E-state index in [1.807, 2.05) is 6.08 Å². The van der Waals surface area contributed by atoms with Gasteiger partial charge in [0, 0.05) is 30.0 Å². The molecule has 0 N–H and O–H groups in total. The van der Waals surface area contributed by atoms with Gasteiger partial charge in [-0.15, -0.1) is 6.58 Å². The molecule has 0 unspecified atom stereocenters. The van der Waals surface area contributed by atoms with Gasteiger partial charge >= 0.3 is 0 Å². The van der Waals surface area contributed by atoms with Crippen molar-refractivity contribution in [3.05, 3.63) is 24.3 Å². The molecule has 0 aromatic rings. The summed E-state index contributed by atoms with van der Waals surface area (Å²) in [5.74, 6) is 3.16. The number of Topliss-reactive ketones (excluding diaryl/α,β-unsaturated/α-hetero) is 1. The molecular formula is C21H29NO. The normalized spacial score (nSPS) is 51.2. The first-order chi connectivity index (χ1) is 11.2. The standard InChI is InChI=1S/C21H29NO/c1-3-10-21-11-9-15-13(2)12-22(19(15)21)18-16-6-4-5-14(16)7-8-17(18)20(21)23/h3,6,13-15,17-19H,1,4-5,7-12H2,2H3/t13-,14-,15-,17+,18-,19+,21-/m1/s1. The third kappa shape index (κ3) is 1.66. The summed E-state index contributed by atoms with van der Waals surface area (Å²) in [4.78, 5) is 16.5. The fraction of sp³-hybridized carbons (Fsp3) is 0.762. The molecule has 2 saturated carbocycles. The van der Waals surface area contributed by atoms with Gasteiger partial charge in [-0.2, -0.15) is 0 Å². The molecule has 2 aliphatic heterocycles. The number of allylic oxidation sites excluding steroid dienone is 2. The summed E-state index contributed by atoms with van der Waals surface area (Å²) in [5.41, 5.74) is 1.56. The van der Waals surface area contributed by atoms with Crippen LogP contribution in [-0.2, 0) is 4.79 Å². The summed E-state index contributed by atoms with van der Waals surface area (Å²) in [7, 11) is 0. The Morgan fingerprint density at radius 1 is 1.35 bits per heavy atom. The molecule has 0 bridgehead atoms. The fourth-order valence-electron chi connectivity index (χ4n) is 7.31. The third-order valence-corrected chi connectivity index (χ3v) is 8.09. The van der Waals surface area contributed by atoms with Gasteiger partial charge in [0.2, 0.25) is 0 Å². The largest absolute Gasteiger partial charge is 0.299 e. The van der Waals surface area contributed by atoms with Gasteiger partial charge in [0.25, 0.3) is 0 Å². The second kappa shape index (κ2) is 4.81. The summed E-state index contributed by atoms with van der Waals surface area (Å²) in [6.07, 6.45) is 12.8. The number of hydrogen-bond donors (Lipinski definition) is 0. The summed E-state index contributed by atoms with van der Waals surface area (Å²) in [6, 6.07) is 0.960. The highest BCUT2D eigenvalue weighted by Gasteiger charge is 2.66. The smallest absolute Gasteiger partial charge is 0.145 e. The molecule has 4 fully saturated rings. The highest BCUT2D eigenvalue weighted by Crippen LogP contribution is 2.61. The Hall–Kier alpha value is -0.890. The van der Waals surface area contributed by atoms with Crippen molar-refractivity contribution < 1.29 is 4.79 Å². The zero-order valence-electron chi connectivity index (χ0n) is 14.3. The van der Waals surface area contributed by atoms with Crippen molar-refractivity contribution >= 4 is 5.78 Å². The van der Waals surface area contributed by atoms with E-state index in [2.05, 4.69) is 24.5 Å². The Morgan fingerprint density at radius 2 is 2.22 bits per heavy atom. The van der Waals surface area contributed by atoms with Gasteiger partial charge in [-0.25, -0.2) is 0 Å². The van der Waals surface area contributed by atoms with Crippen LogP contribution >= 0.6 is 0 Å². The molecule has 0 spiro atoms. The minimum atomic E-state index is -0.0929. The van der Waals surface area contributed by atoms with Crippen LogP contribution in [0, 0.1) is 29.1 Å². The van der Waals surface area contributed by atoms with Crippen molar-refractivity contribution in [1.82, 2.24) is 4.90 Å². The van der Waals surface area contributed by atoms with Crippen LogP contribution in [0.3, 0.4) is 0 Å². The van der Waals surface area contributed by atoms with Gasteiger partial charge < -0.3 is 0 Å². The van der Waals surface area contributed by atoms with Gasteiger partial charge in [-0.3, -0.25) is 9.69 Å². The maximum atomic E-state index is 13.7. The second-order valence-corrected chi connectivity index (χ2v) is 8.94. The Morgan fingerprint density at radius 3 is 3.04 bits per heavy atom. The monoisotopic (exact) mass is 311 g/mol. The molecule has 2 heterocycles. The van der Waals surface area contributed by atoms with E-state index >= 15 is 0 Å². The van der Waals surface area contributed by atoms with E-state index < -0.39 is 0 Å². The molecule has 3 aliphatic carbocycles. The lowest BCUT2D eigenvalue weighted by Crippen LogP contribution is -2.63. The number of piperidine rings is 1. The Labute approximate surface area is 140 Å².